The zero-order chi connectivity index (χ0) is 11.2. The van der Waals surface area contributed by atoms with Crippen LogP contribution in [-0.2, 0) is 4.74 Å². The molecule has 2 unspecified atom stereocenters. The molecule has 1 saturated carbocycles. The Kier molecular flexibility index (Phi) is 4.86. The molecule has 1 aliphatic heterocycles. The third-order valence-corrected chi connectivity index (χ3v) is 4.01. The van der Waals surface area contributed by atoms with E-state index in [1.54, 1.807) is 0 Å². The molecule has 92 valence electrons. The molecule has 0 aromatic carbocycles. The molecule has 0 radical (unpaired) electrons. The summed E-state index contributed by atoms with van der Waals surface area (Å²) >= 11 is 0. The van der Waals surface area contributed by atoms with Gasteiger partial charge in [-0.2, -0.15) is 0 Å². The normalized spacial score (nSPS) is 31.2. The van der Waals surface area contributed by atoms with Crippen LogP contribution >= 0.6 is 0 Å². The third kappa shape index (κ3) is 3.33. The second-order valence-corrected chi connectivity index (χ2v) is 5.14. The van der Waals surface area contributed by atoms with E-state index in [0.717, 1.165) is 38.1 Å². The molecule has 1 heterocycles. The van der Waals surface area contributed by atoms with E-state index in [9.17, 15) is 0 Å². The van der Waals surface area contributed by atoms with Gasteiger partial charge in [0.15, 0.2) is 0 Å². The summed E-state index contributed by atoms with van der Waals surface area (Å²) in [4.78, 5) is 0. The van der Waals surface area contributed by atoms with Gasteiger partial charge in [0, 0.05) is 12.6 Å². The highest BCUT2D eigenvalue weighted by Crippen LogP contribution is 2.26. The molecule has 0 saturated heterocycles. The van der Waals surface area contributed by atoms with Gasteiger partial charge in [-0.05, 0) is 30.8 Å². The van der Waals surface area contributed by atoms with Crippen LogP contribution in [-0.4, -0.2) is 25.8 Å². The first kappa shape index (κ1) is 12.1. The van der Waals surface area contributed by atoms with Crippen molar-refractivity contribution >= 4 is 0 Å². The fourth-order valence-corrected chi connectivity index (χ4v) is 2.96. The highest BCUT2D eigenvalue weighted by molar-refractivity contribution is 5.07. The van der Waals surface area contributed by atoms with Gasteiger partial charge in [-0.3, -0.25) is 0 Å². The summed E-state index contributed by atoms with van der Waals surface area (Å²) in [5.74, 6) is 0.902. The van der Waals surface area contributed by atoms with Crippen molar-refractivity contribution in [3.63, 3.8) is 0 Å². The lowest BCUT2D eigenvalue weighted by atomic mass is 9.83. The van der Waals surface area contributed by atoms with Crippen LogP contribution in [0.5, 0.6) is 0 Å². The van der Waals surface area contributed by atoms with Crippen molar-refractivity contribution in [3.8, 4) is 0 Å². The monoisotopic (exact) mass is 223 g/mol. The third-order valence-electron chi connectivity index (χ3n) is 4.01. The summed E-state index contributed by atoms with van der Waals surface area (Å²) in [6.45, 7) is 5.12. The standard InChI is InChI=1S/C14H25NO/c1-2-13-7-3-4-8-14(13)15-10-12-6-5-9-16-11-12/h6,13-15H,2-5,7-11H2,1H3. The van der Waals surface area contributed by atoms with E-state index >= 15 is 0 Å². The molecule has 0 bridgehead atoms. The van der Waals surface area contributed by atoms with Crippen LogP contribution in [0.25, 0.3) is 0 Å². The van der Waals surface area contributed by atoms with Gasteiger partial charge in [0.2, 0.25) is 0 Å². The minimum Gasteiger partial charge on any atom is -0.377 e. The zero-order valence-corrected chi connectivity index (χ0v) is 10.5. The van der Waals surface area contributed by atoms with Crippen LogP contribution in [0.4, 0.5) is 0 Å². The highest BCUT2D eigenvalue weighted by Gasteiger charge is 2.23. The van der Waals surface area contributed by atoms with E-state index in [1.165, 1.54) is 37.7 Å². The molecule has 0 aromatic rings. The second kappa shape index (κ2) is 6.41. The molecule has 2 atom stereocenters. The zero-order valence-electron chi connectivity index (χ0n) is 10.5. The Morgan fingerprint density at radius 3 is 3.00 bits per heavy atom. The molecule has 2 nitrogen and oxygen atoms in total. The molecule has 0 amide bonds. The first-order chi connectivity index (χ1) is 7.90. The van der Waals surface area contributed by atoms with Crippen molar-refractivity contribution < 1.29 is 4.74 Å². The molecule has 2 rings (SSSR count). The van der Waals surface area contributed by atoms with Crippen LogP contribution in [0.15, 0.2) is 11.6 Å². The average Bonchev–Trinajstić information content (AvgIpc) is 2.38. The van der Waals surface area contributed by atoms with Crippen LogP contribution in [0, 0.1) is 5.92 Å². The van der Waals surface area contributed by atoms with Crippen molar-refractivity contribution in [2.24, 2.45) is 5.92 Å². The van der Waals surface area contributed by atoms with Gasteiger partial charge < -0.3 is 10.1 Å². The van der Waals surface area contributed by atoms with E-state index in [4.69, 9.17) is 4.74 Å². The van der Waals surface area contributed by atoms with E-state index in [0.29, 0.717) is 0 Å². The molecule has 1 fully saturated rings. The largest absolute Gasteiger partial charge is 0.377 e. The first-order valence-corrected chi connectivity index (χ1v) is 6.89. The Morgan fingerprint density at radius 2 is 2.25 bits per heavy atom. The van der Waals surface area contributed by atoms with E-state index in [1.807, 2.05) is 0 Å². The maximum absolute atomic E-state index is 5.47. The van der Waals surface area contributed by atoms with E-state index < -0.39 is 0 Å². The summed E-state index contributed by atoms with van der Waals surface area (Å²) in [5.41, 5.74) is 1.45. The van der Waals surface area contributed by atoms with Crippen molar-refractivity contribution in [3.05, 3.63) is 11.6 Å². The minimum absolute atomic E-state index is 0.751. The SMILES string of the molecule is CCC1CCCCC1NCC1=CCCOC1. The van der Waals surface area contributed by atoms with Crippen molar-refractivity contribution in [2.75, 3.05) is 19.8 Å². The van der Waals surface area contributed by atoms with Crippen molar-refractivity contribution in [2.45, 2.75) is 51.5 Å². The summed E-state index contributed by atoms with van der Waals surface area (Å²) in [6, 6.07) is 0.751. The van der Waals surface area contributed by atoms with Crippen LogP contribution < -0.4 is 5.32 Å². The van der Waals surface area contributed by atoms with Crippen LogP contribution in [0.2, 0.25) is 0 Å². The molecular formula is C14H25NO. The molecule has 0 spiro atoms. The van der Waals surface area contributed by atoms with Crippen LogP contribution in [0.3, 0.4) is 0 Å². The van der Waals surface area contributed by atoms with Gasteiger partial charge >= 0.3 is 0 Å². The lowest BCUT2D eigenvalue weighted by molar-refractivity contribution is 0.147. The van der Waals surface area contributed by atoms with Crippen LogP contribution in [0.1, 0.15) is 45.4 Å². The Morgan fingerprint density at radius 1 is 1.38 bits per heavy atom. The predicted molar refractivity (Wildman–Crippen MR) is 67.6 cm³/mol. The Balaban J connectivity index is 1.76. The van der Waals surface area contributed by atoms with Gasteiger partial charge in [0.1, 0.15) is 0 Å². The quantitative estimate of drug-likeness (QED) is 0.740. The molecule has 1 aliphatic carbocycles. The van der Waals surface area contributed by atoms with Gasteiger partial charge in [-0.15, -0.1) is 0 Å². The average molecular weight is 223 g/mol. The minimum atomic E-state index is 0.751. The second-order valence-electron chi connectivity index (χ2n) is 5.14. The predicted octanol–water partition coefficient (Wildman–Crippen LogP) is 2.89. The molecular weight excluding hydrogens is 198 g/mol. The van der Waals surface area contributed by atoms with Gasteiger partial charge in [0.05, 0.1) is 13.2 Å². The van der Waals surface area contributed by atoms with E-state index in [2.05, 4.69) is 18.3 Å². The fourth-order valence-electron chi connectivity index (χ4n) is 2.96. The fraction of sp³-hybridized carbons (Fsp3) is 0.857. The van der Waals surface area contributed by atoms with Gasteiger partial charge in [-0.1, -0.05) is 32.3 Å². The number of ether oxygens (including phenoxy) is 1. The Bertz CT molecular complexity index is 237. The Hall–Kier alpha value is -0.340. The lowest BCUT2D eigenvalue weighted by Gasteiger charge is -2.32. The molecule has 1 N–H and O–H groups in total. The van der Waals surface area contributed by atoms with Gasteiger partial charge in [-0.25, -0.2) is 0 Å². The topological polar surface area (TPSA) is 21.3 Å². The molecule has 2 heteroatoms. The highest BCUT2D eigenvalue weighted by atomic mass is 16.5. The molecule has 16 heavy (non-hydrogen) atoms. The number of rotatable bonds is 4. The summed E-state index contributed by atoms with van der Waals surface area (Å²) < 4.78 is 5.47. The maximum Gasteiger partial charge on any atom is 0.0689 e. The van der Waals surface area contributed by atoms with Crippen molar-refractivity contribution in [1.82, 2.24) is 5.32 Å². The van der Waals surface area contributed by atoms with Crippen molar-refractivity contribution in [1.29, 1.82) is 0 Å². The van der Waals surface area contributed by atoms with Gasteiger partial charge in [0.25, 0.3) is 0 Å². The molecule has 0 aromatic heterocycles. The summed E-state index contributed by atoms with van der Waals surface area (Å²) in [6.07, 6.45) is 10.4. The number of nitrogens with one attached hydrogen (secondary N) is 1. The molecule has 2 aliphatic rings. The summed E-state index contributed by atoms with van der Waals surface area (Å²) in [7, 11) is 0. The first-order valence-electron chi connectivity index (χ1n) is 6.89. The number of hydrogen-bond acceptors (Lipinski definition) is 2. The number of hydrogen-bond donors (Lipinski definition) is 1. The Labute approximate surface area is 99.4 Å². The smallest absolute Gasteiger partial charge is 0.0689 e. The van der Waals surface area contributed by atoms with E-state index in [-0.39, 0.29) is 0 Å². The lowest BCUT2D eigenvalue weighted by Crippen LogP contribution is -2.39. The summed E-state index contributed by atoms with van der Waals surface area (Å²) in [5, 5.41) is 3.74. The maximum atomic E-state index is 5.47.